The number of esters is 1. The Kier molecular flexibility index (Phi) is 17.0. The molecule has 40 heavy (non-hydrogen) atoms. The SMILES string of the molecule is CC.CCC.CCCN1CCCC1.COC(=O)/C(C)=C(\c1ccc(C2CC2)cc1)c1cc(OC)c(OC)cc1C. The molecule has 0 spiro atoms. The Labute approximate surface area is 244 Å². The van der Waals surface area contributed by atoms with Gasteiger partial charge in [-0.1, -0.05) is 65.3 Å². The molecule has 1 aliphatic carbocycles. The molecule has 1 saturated carbocycles. The van der Waals surface area contributed by atoms with Crippen molar-refractivity contribution in [2.45, 2.75) is 92.9 Å². The second-order valence-corrected chi connectivity index (χ2v) is 10.2. The van der Waals surface area contributed by atoms with E-state index in [0.29, 0.717) is 23.0 Å². The third-order valence-electron chi connectivity index (χ3n) is 6.85. The summed E-state index contributed by atoms with van der Waals surface area (Å²) in [7, 11) is 4.63. The van der Waals surface area contributed by atoms with Crippen LogP contribution in [0.5, 0.6) is 11.5 Å². The molecule has 4 rings (SSSR count). The molecule has 1 heterocycles. The van der Waals surface area contributed by atoms with Gasteiger partial charge in [-0.25, -0.2) is 4.79 Å². The van der Waals surface area contributed by atoms with Gasteiger partial charge in [-0.15, -0.1) is 0 Å². The molecule has 0 radical (unpaired) electrons. The lowest BCUT2D eigenvalue weighted by Crippen LogP contribution is -2.19. The topological polar surface area (TPSA) is 48.0 Å². The zero-order valence-corrected chi connectivity index (χ0v) is 27.0. The van der Waals surface area contributed by atoms with Crippen molar-refractivity contribution in [3.05, 3.63) is 64.2 Å². The quantitative estimate of drug-likeness (QED) is 0.241. The minimum Gasteiger partial charge on any atom is -0.493 e. The monoisotopic (exact) mass is 553 g/mol. The van der Waals surface area contributed by atoms with E-state index in [4.69, 9.17) is 14.2 Å². The van der Waals surface area contributed by atoms with Crippen molar-refractivity contribution >= 4 is 11.5 Å². The molecule has 224 valence electrons. The molecule has 5 heteroatoms. The molecule has 1 saturated heterocycles. The molecular weight excluding hydrogens is 498 g/mol. The van der Waals surface area contributed by atoms with Crippen molar-refractivity contribution in [3.63, 3.8) is 0 Å². The van der Waals surface area contributed by atoms with Gasteiger partial charge in [-0.2, -0.15) is 0 Å². The summed E-state index contributed by atoms with van der Waals surface area (Å²) < 4.78 is 15.9. The summed E-state index contributed by atoms with van der Waals surface area (Å²) >= 11 is 0. The second kappa shape index (κ2) is 19.3. The lowest BCUT2D eigenvalue weighted by Gasteiger charge is -2.18. The zero-order chi connectivity index (χ0) is 30.1. The standard InChI is InChI=1S/C23H26O4.C7H15N.C3H8.C2H6/c1-14-12-20(25-3)21(26-4)13-19(14)22(15(2)23(24)27-5)18-10-8-17(9-11-18)16-6-7-16;1-2-5-8-6-3-4-7-8;1-3-2;1-2/h8-13,16H,6-7H2,1-5H3;2-7H2,1H3;3H2,1-2H3;1-2H3/b22-15+;;;. The van der Waals surface area contributed by atoms with Gasteiger partial charge in [0.05, 0.1) is 21.3 Å². The van der Waals surface area contributed by atoms with E-state index in [0.717, 1.165) is 22.3 Å². The lowest BCUT2D eigenvalue weighted by molar-refractivity contribution is -0.135. The van der Waals surface area contributed by atoms with Gasteiger partial charge in [0, 0.05) is 5.57 Å². The van der Waals surface area contributed by atoms with Gasteiger partial charge in [0.1, 0.15) is 0 Å². The Morgan fingerprint density at radius 3 is 1.88 bits per heavy atom. The number of benzene rings is 2. The highest BCUT2D eigenvalue weighted by molar-refractivity contribution is 6.01. The first-order valence-corrected chi connectivity index (χ1v) is 15.2. The van der Waals surface area contributed by atoms with Crippen LogP contribution >= 0.6 is 0 Å². The highest BCUT2D eigenvalue weighted by Crippen LogP contribution is 2.41. The van der Waals surface area contributed by atoms with E-state index >= 15 is 0 Å². The minimum atomic E-state index is -0.342. The van der Waals surface area contributed by atoms with Gasteiger partial charge in [0.2, 0.25) is 0 Å². The summed E-state index contributed by atoms with van der Waals surface area (Å²) in [5, 5.41) is 0. The van der Waals surface area contributed by atoms with E-state index in [9.17, 15) is 4.79 Å². The molecule has 0 bridgehead atoms. The third-order valence-corrected chi connectivity index (χ3v) is 6.85. The summed E-state index contributed by atoms with van der Waals surface area (Å²) in [6.07, 6.45) is 7.95. The van der Waals surface area contributed by atoms with E-state index in [2.05, 4.69) is 49.9 Å². The van der Waals surface area contributed by atoms with E-state index < -0.39 is 0 Å². The second-order valence-electron chi connectivity index (χ2n) is 10.2. The van der Waals surface area contributed by atoms with E-state index in [-0.39, 0.29) is 5.97 Å². The van der Waals surface area contributed by atoms with Gasteiger partial charge < -0.3 is 19.1 Å². The number of rotatable bonds is 8. The average molecular weight is 554 g/mol. The maximum atomic E-state index is 12.3. The Morgan fingerprint density at radius 2 is 1.43 bits per heavy atom. The van der Waals surface area contributed by atoms with Crippen LogP contribution in [0.25, 0.3) is 5.57 Å². The number of hydrogen-bond acceptors (Lipinski definition) is 5. The predicted octanol–water partition coefficient (Wildman–Crippen LogP) is 8.82. The predicted molar refractivity (Wildman–Crippen MR) is 170 cm³/mol. The smallest absolute Gasteiger partial charge is 0.334 e. The number of methoxy groups -OCH3 is 3. The first-order valence-electron chi connectivity index (χ1n) is 15.2. The van der Waals surface area contributed by atoms with Crippen LogP contribution in [0.15, 0.2) is 42.0 Å². The Morgan fingerprint density at radius 1 is 0.900 bits per heavy atom. The number of hydrogen-bond donors (Lipinski definition) is 0. The molecule has 0 unspecified atom stereocenters. The minimum absolute atomic E-state index is 0.342. The largest absolute Gasteiger partial charge is 0.493 e. The van der Waals surface area contributed by atoms with Crippen LogP contribution in [0.1, 0.15) is 108 Å². The number of carbonyl (C=O) groups is 1. The summed E-state index contributed by atoms with van der Waals surface area (Å²) in [5.41, 5.74) is 5.68. The molecule has 0 aromatic heterocycles. The lowest BCUT2D eigenvalue weighted by atomic mass is 9.89. The van der Waals surface area contributed by atoms with Crippen LogP contribution in [0, 0.1) is 6.92 Å². The Hall–Kier alpha value is -2.79. The molecule has 1 aliphatic heterocycles. The fourth-order valence-corrected chi connectivity index (χ4v) is 4.74. The Bertz CT molecular complexity index is 1030. The van der Waals surface area contributed by atoms with Gasteiger partial charge in [-0.05, 0) is 111 Å². The van der Waals surface area contributed by atoms with Crippen molar-refractivity contribution < 1.29 is 19.0 Å². The first-order chi connectivity index (χ1) is 19.3. The summed E-state index contributed by atoms with van der Waals surface area (Å²) in [5.74, 6) is 1.64. The van der Waals surface area contributed by atoms with Crippen LogP contribution in [-0.2, 0) is 9.53 Å². The molecule has 0 N–H and O–H groups in total. The van der Waals surface area contributed by atoms with Crippen LogP contribution in [-0.4, -0.2) is 51.8 Å². The van der Waals surface area contributed by atoms with Crippen LogP contribution in [0.3, 0.4) is 0 Å². The molecule has 2 fully saturated rings. The summed E-state index contributed by atoms with van der Waals surface area (Å²) in [6.45, 7) is 18.3. The van der Waals surface area contributed by atoms with Gasteiger partial charge in [0.15, 0.2) is 11.5 Å². The molecule has 0 amide bonds. The summed E-state index contributed by atoms with van der Waals surface area (Å²) in [4.78, 5) is 14.9. The van der Waals surface area contributed by atoms with Gasteiger partial charge in [0.25, 0.3) is 0 Å². The maximum absolute atomic E-state index is 12.3. The molecular formula is C35H55NO4. The normalized spacial score (nSPS) is 14.8. The van der Waals surface area contributed by atoms with Crippen LogP contribution in [0.4, 0.5) is 0 Å². The molecule has 0 atom stereocenters. The number of nitrogens with zero attached hydrogens (tertiary/aromatic N) is 1. The maximum Gasteiger partial charge on any atom is 0.334 e. The fraction of sp³-hybridized carbons (Fsp3) is 0.571. The molecule has 2 aliphatic rings. The third kappa shape index (κ3) is 10.6. The van der Waals surface area contributed by atoms with Gasteiger partial charge in [-0.3, -0.25) is 0 Å². The fourth-order valence-electron chi connectivity index (χ4n) is 4.74. The number of likely N-dealkylation sites (tertiary alicyclic amines) is 1. The van der Waals surface area contributed by atoms with Crippen molar-refractivity contribution in [2.24, 2.45) is 0 Å². The highest BCUT2D eigenvalue weighted by Gasteiger charge is 2.24. The zero-order valence-electron chi connectivity index (χ0n) is 27.0. The first kappa shape index (κ1) is 35.2. The van der Waals surface area contributed by atoms with E-state index in [1.807, 2.05) is 32.9 Å². The van der Waals surface area contributed by atoms with Crippen molar-refractivity contribution in [3.8, 4) is 11.5 Å². The van der Waals surface area contributed by atoms with Gasteiger partial charge >= 0.3 is 5.97 Å². The number of carbonyl (C=O) groups excluding carboxylic acids is 1. The number of ether oxygens (including phenoxy) is 3. The number of aryl methyl sites for hydroxylation is 1. The van der Waals surface area contributed by atoms with Crippen molar-refractivity contribution in [2.75, 3.05) is 41.0 Å². The molecule has 2 aromatic rings. The Balaban J connectivity index is 0.000000512. The average Bonchev–Trinajstić information content (AvgIpc) is 3.71. The van der Waals surface area contributed by atoms with E-state index in [1.165, 1.54) is 70.8 Å². The summed E-state index contributed by atoms with van der Waals surface area (Å²) in [6, 6.07) is 12.3. The highest BCUT2D eigenvalue weighted by atomic mass is 16.5. The van der Waals surface area contributed by atoms with E-state index in [1.54, 1.807) is 21.1 Å². The van der Waals surface area contributed by atoms with Crippen LogP contribution < -0.4 is 9.47 Å². The molecule has 2 aromatic carbocycles. The molecule has 5 nitrogen and oxygen atoms in total. The van der Waals surface area contributed by atoms with Crippen molar-refractivity contribution in [1.29, 1.82) is 0 Å². The van der Waals surface area contributed by atoms with Crippen molar-refractivity contribution in [1.82, 2.24) is 4.90 Å². The van der Waals surface area contributed by atoms with Crippen LogP contribution in [0.2, 0.25) is 0 Å².